The van der Waals surface area contributed by atoms with Crippen LogP contribution >= 0.6 is 0 Å². The standard InChI is InChI=1S/C34H37F6NO5/c1-4-7-19(12-20-8-5-6-9-27(20)43)10-11-28(44)29-24(18(2)3)16-25-30(26(29)17-42)32(46)41(31(25)45)23-14-21(33(35,36)37)13-22(15-23)34(38,39)40/h5-6,8-9,12-15,18,25-26,28,30,42-44H,4,7,10-11,16-17H2,1-3H3/b19-12+/t25-,26+,28-,30-/m1/s1. The molecule has 0 radical (unpaired) electrons. The number of anilines is 1. The smallest absolute Gasteiger partial charge is 0.416 e. The minimum atomic E-state index is -5.18. The molecule has 1 saturated heterocycles. The summed E-state index contributed by atoms with van der Waals surface area (Å²) in [5, 5.41) is 32.3. The van der Waals surface area contributed by atoms with E-state index in [9.17, 15) is 51.3 Å². The van der Waals surface area contributed by atoms with Crippen molar-refractivity contribution in [2.45, 2.75) is 71.3 Å². The van der Waals surface area contributed by atoms with Crippen molar-refractivity contribution in [1.29, 1.82) is 0 Å². The van der Waals surface area contributed by atoms with Gasteiger partial charge in [0.15, 0.2) is 0 Å². The average Bonchev–Trinajstić information content (AvgIpc) is 3.23. The SMILES string of the molecule is CCC/C(=C\c1ccccc1O)CC[C@@H](O)C1=C(C(C)C)C[C@H]2C(=O)N(c3cc(C(F)(F)F)cc(C(F)(F)F)c3)C(=O)[C@H]2[C@H]1CO. The van der Waals surface area contributed by atoms with E-state index in [-0.39, 0.29) is 30.6 Å². The molecule has 0 unspecified atom stereocenters. The molecule has 0 aromatic heterocycles. The summed E-state index contributed by atoms with van der Waals surface area (Å²) in [4.78, 5) is 27.7. The molecule has 2 aromatic rings. The molecule has 12 heteroatoms. The summed E-state index contributed by atoms with van der Waals surface area (Å²) in [6, 6.07) is 7.39. The summed E-state index contributed by atoms with van der Waals surface area (Å²) in [5.41, 5.74) is -1.67. The van der Waals surface area contributed by atoms with Crippen molar-refractivity contribution < 1.29 is 51.3 Å². The van der Waals surface area contributed by atoms with Gasteiger partial charge in [0.25, 0.3) is 0 Å². The lowest BCUT2D eigenvalue weighted by molar-refractivity contribution is -0.143. The van der Waals surface area contributed by atoms with Gasteiger partial charge < -0.3 is 15.3 Å². The van der Waals surface area contributed by atoms with Gasteiger partial charge in [-0.05, 0) is 61.4 Å². The number of aliphatic hydroxyl groups excluding tert-OH is 2. The minimum absolute atomic E-state index is 0.0487. The van der Waals surface area contributed by atoms with Crippen molar-refractivity contribution in [3.05, 3.63) is 75.9 Å². The Morgan fingerprint density at radius 2 is 1.59 bits per heavy atom. The molecule has 1 heterocycles. The van der Waals surface area contributed by atoms with E-state index in [2.05, 4.69) is 0 Å². The second-order valence-corrected chi connectivity index (χ2v) is 12.2. The second-order valence-electron chi connectivity index (χ2n) is 12.2. The van der Waals surface area contributed by atoms with Crippen molar-refractivity contribution >= 4 is 23.6 Å². The Bertz CT molecular complexity index is 1490. The van der Waals surface area contributed by atoms with E-state index in [1.165, 1.54) is 0 Å². The van der Waals surface area contributed by atoms with Gasteiger partial charge in [-0.25, -0.2) is 4.90 Å². The molecular formula is C34H37F6NO5. The fourth-order valence-corrected chi connectivity index (χ4v) is 6.66. The number of para-hydroxylation sites is 1. The van der Waals surface area contributed by atoms with Crippen LogP contribution in [0.4, 0.5) is 32.0 Å². The van der Waals surface area contributed by atoms with E-state index in [0.717, 1.165) is 12.0 Å². The highest BCUT2D eigenvalue weighted by molar-refractivity contribution is 6.22. The first-order valence-electron chi connectivity index (χ1n) is 15.2. The number of carbonyl (C=O) groups excluding carboxylic acids is 2. The fraction of sp³-hybridized carbons (Fsp3) is 0.471. The van der Waals surface area contributed by atoms with Crippen LogP contribution in [-0.2, 0) is 21.9 Å². The monoisotopic (exact) mass is 653 g/mol. The number of aliphatic hydroxyl groups is 2. The summed E-state index contributed by atoms with van der Waals surface area (Å²) in [6.07, 6.45) is -7.71. The van der Waals surface area contributed by atoms with Crippen molar-refractivity contribution in [2.75, 3.05) is 11.5 Å². The molecular weight excluding hydrogens is 616 g/mol. The molecule has 2 aliphatic rings. The van der Waals surface area contributed by atoms with E-state index >= 15 is 0 Å². The molecule has 4 rings (SSSR count). The first kappa shape index (κ1) is 35.2. The number of nitrogens with zero attached hydrogens (tertiary/aromatic N) is 1. The lowest BCUT2D eigenvalue weighted by Gasteiger charge is -2.38. The van der Waals surface area contributed by atoms with Gasteiger partial charge >= 0.3 is 12.4 Å². The van der Waals surface area contributed by atoms with Crippen molar-refractivity contribution in [2.24, 2.45) is 23.7 Å². The maximum atomic E-state index is 13.8. The molecule has 0 saturated carbocycles. The molecule has 250 valence electrons. The van der Waals surface area contributed by atoms with Crippen LogP contribution in [0.5, 0.6) is 5.75 Å². The summed E-state index contributed by atoms with van der Waals surface area (Å²) in [6.45, 7) is 4.91. The molecule has 1 aliphatic heterocycles. The third-order valence-corrected chi connectivity index (χ3v) is 8.81. The molecule has 0 spiro atoms. The maximum absolute atomic E-state index is 13.8. The van der Waals surface area contributed by atoms with E-state index in [1.54, 1.807) is 38.1 Å². The Labute approximate surface area is 263 Å². The van der Waals surface area contributed by atoms with Crippen molar-refractivity contribution in [3.8, 4) is 5.75 Å². The molecule has 46 heavy (non-hydrogen) atoms. The third kappa shape index (κ3) is 7.17. The van der Waals surface area contributed by atoms with Crippen LogP contribution in [0.25, 0.3) is 6.08 Å². The largest absolute Gasteiger partial charge is 0.507 e. The van der Waals surface area contributed by atoms with Crippen LogP contribution in [0, 0.1) is 23.7 Å². The van der Waals surface area contributed by atoms with E-state index in [4.69, 9.17) is 0 Å². The van der Waals surface area contributed by atoms with Crippen LogP contribution in [0.15, 0.2) is 59.2 Å². The van der Waals surface area contributed by atoms with Gasteiger partial charge in [-0.15, -0.1) is 0 Å². The lowest BCUT2D eigenvalue weighted by atomic mass is 9.66. The Morgan fingerprint density at radius 3 is 2.11 bits per heavy atom. The number of rotatable bonds is 10. The summed E-state index contributed by atoms with van der Waals surface area (Å²) in [7, 11) is 0. The predicted molar refractivity (Wildman–Crippen MR) is 159 cm³/mol. The Balaban J connectivity index is 1.70. The van der Waals surface area contributed by atoms with Crippen LogP contribution in [0.2, 0.25) is 0 Å². The van der Waals surface area contributed by atoms with Gasteiger partial charge in [-0.3, -0.25) is 9.59 Å². The average molecular weight is 654 g/mol. The lowest BCUT2D eigenvalue weighted by Crippen LogP contribution is -2.40. The van der Waals surface area contributed by atoms with Gasteiger partial charge in [-0.2, -0.15) is 26.3 Å². The molecule has 6 nitrogen and oxygen atoms in total. The van der Waals surface area contributed by atoms with Crippen LogP contribution < -0.4 is 4.90 Å². The Kier molecular flexibility index (Phi) is 10.4. The second kappa shape index (κ2) is 13.6. The zero-order valence-electron chi connectivity index (χ0n) is 25.6. The van der Waals surface area contributed by atoms with E-state index < -0.39 is 71.4 Å². The van der Waals surface area contributed by atoms with Crippen LogP contribution in [0.1, 0.15) is 69.6 Å². The Hall–Kier alpha value is -3.64. The van der Waals surface area contributed by atoms with Gasteiger partial charge in [0.05, 0.1) is 41.4 Å². The zero-order chi connectivity index (χ0) is 34.1. The molecule has 2 amide bonds. The van der Waals surface area contributed by atoms with Crippen molar-refractivity contribution in [3.63, 3.8) is 0 Å². The fourth-order valence-electron chi connectivity index (χ4n) is 6.66. The molecule has 0 bridgehead atoms. The summed E-state index contributed by atoms with van der Waals surface area (Å²) in [5.74, 6) is -5.66. The van der Waals surface area contributed by atoms with Gasteiger partial charge in [0, 0.05) is 11.5 Å². The van der Waals surface area contributed by atoms with E-state index in [1.807, 2.05) is 13.0 Å². The number of allylic oxidation sites excluding steroid dienone is 2. The van der Waals surface area contributed by atoms with Gasteiger partial charge in [0.2, 0.25) is 11.8 Å². The van der Waals surface area contributed by atoms with Gasteiger partial charge in [-0.1, -0.05) is 62.6 Å². The number of phenolic OH excluding ortho intramolecular Hbond substituents is 1. The first-order chi connectivity index (χ1) is 21.5. The minimum Gasteiger partial charge on any atom is -0.507 e. The molecule has 1 fully saturated rings. The number of carbonyl (C=O) groups is 2. The molecule has 3 N–H and O–H groups in total. The number of hydrogen-bond donors (Lipinski definition) is 3. The number of fused-ring (bicyclic) bond motifs is 1. The molecule has 4 atom stereocenters. The number of hydrogen-bond acceptors (Lipinski definition) is 5. The van der Waals surface area contributed by atoms with E-state index in [0.29, 0.717) is 46.6 Å². The molecule has 2 aromatic carbocycles. The number of phenols is 1. The highest BCUT2D eigenvalue weighted by Crippen LogP contribution is 2.50. The number of imide groups is 1. The summed E-state index contributed by atoms with van der Waals surface area (Å²) >= 11 is 0. The quantitative estimate of drug-likeness (QED) is 0.140. The number of amides is 2. The maximum Gasteiger partial charge on any atom is 0.416 e. The van der Waals surface area contributed by atoms with Crippen LogP contribution in [0.3, 0.4) is 0 Å². The number of aromatic hydroxyl groups is 1. The number of benzene rings is 2. The highest BCUT2D eigenvalue weighted by atomic mass is 19.4. The molecule has 1 aliphatic carbocycles. The van der Waals surface area contributed by atoms with Crippen molar-refractivity contribution in [1.82, 2.24) is 0 Å². The zero-order valence-corrected chi connectivity index (χ0v) is 25.6. The Morgan fingerprint density at radius 1 is 0.978 bits per heavy atom. The third-order valence-electron chi connectivity index (χ3n) is 8.81. The summed E-state index contributed by atoms with van der Waals surface area (Å²) < 4.78 is 81.5. The highest BCUT2D eigenvalue weighted by Gasteiger charge is 2.56. The number of halogens is 6. The topological polar surface area (TPSA) is 98.1 Å². The first-order valence-corrected chi connectivity index (χ1v) is 15.2. The van der Waals surface area contributed by atoms with Crippen LogP contribution in [-0.4, -0.2) is 39.8 Å². The predicted octanol–water partition coefficient (Wildman–Crippen LogP) is 7.53. The van der Waals surface area contributed by atoms with Gasteiger partial charge in [0.1, 0.15) is 5.75 Å². The normalized spacial score (nSPS) is 21.8. The number of alkyl halides is 6.